The van der Waals surface area contributed by atoms with E-state index < -0.39 is 5.41 Å². The van der Waals surface area contributed by atoms with Crippen LogP contribution in [0.5, 0.6) is 0 Å². The van der Waals surface area contributed by atoms with Gasteiger partial charge in [-0.3, -0.25) is 4.79 Å². The second kappa shape index (κ2) is 5.57. The van der Waals surface area contributed by atoms with Gasteiger partial charge in [0.1, 0.15) is 0 Å². The summed E-state index contributed by atoms with van der Waals surface area (Å²) in [5, 5.41) is 3.50. The molecule has 0 spiro atoms. The number of rotatable bonds is 5. The molecule has 2 rings (SSSR count). The van der Waals surface area contributed by atoms with E-state index >= 15 is 0 Å². The molecule has 0 aromatic heterocycles. The van der Waals surface area contributed by atoms with Gasteiger partial charge in [0.15, 0.2) is 0 Å². The monoisotopic (exact) mass is 275 g/mol. The van der Waals surface area contributed by atoms with Crippen LogP contribution in [-0.2, 0) is 14.9 Å². The highest BCUT2D eigenvalue weighted by atomic mass is 16.5. The molecular weight excluding hydrogens is 250 g/mol. The summed E-state index contributed by atoms with van der Waals surface area (Å²) in [5.74, 6) is 0.245. The topological polar surface area (TPSA) is 38.3 Å². The van der Waals surface area contributed by atoms with Crippen LogP contribution in [-0.4, -0.2) is 24.7 Å². The molecule has 0 saturated heterocycles. The number of hydrogen-bond acceptors (Lipinski definition) is 3. The van der Waals surface area contributed by atoms with Crippen molar-refractivity contribution in [2.75, 3.05) is 13.2 Å². The molecule has 1 saturated carbocycles. The van der Waals surface area contributed by atoms with Gasteiger partial charge >= 0.3 is 5.97 Å². The highest BCUT2D eigenvalue weighted by Crippen LogP contribution is 2.55. The lowest BCUT2D eigenvalue weighted by Crippen LogP contribution is -2.39. The van der Waals surface area contributed by atoms with Crippen LogP contribution in [0, 0.1) is 5.92 Å². The minimum absolute atomic E-state index is 0.0691. The van der Waals surface area contributed by atoms with E-state index in [2.05, 4.69) is 26.1 Å². The Kier molecular flexibility index (Phi) is 4.19. The summed E-state index contributed by atoms with van der Waals surface area (Å²) in [6.45, 7) is 9.57. The third-order valence-corrected chi connectivity index (χ3v) is 3.91. The Morgan fingerprint density at radius 2 is 2.00 bits per heavy atom. The van der Waals surface area contributed by atoms with Crippen LogP contribution in [0.1, 0.15) is 39.7 Å². The minimum Gasteiger partial charge on any atom is -0.465 e. The van der Waals surface area contributed by atoms with Crippen LogP contribution >= 0.6 is 0 Å². The van der Waals surface area contributed by atoms with Gasteiger partial charge in [-0.2, -0.15) is 0 Å². The van der Waals surface area contributed by atoms with Gasteiger partial charge < -0.3 is 10.1 Å². The van der Waals surface area contributed by atoms with Gasteiger partial charge in [0.05, 0.1) is 12.0 Å². The molecule has 1 aromatic rings. The van der Waals surface area contributed by atoms with E-state index in [-0.39, 0.29) is 11.5 Å². The van der Waals surface area contributed by atoms with Crippen molar-refractivity contribution in [3.63, 3.8) is 0 Å². The first-order valence-electron chi connectivity index (χ1n) is 7.38. The lowest BCUT2D eigenvalue weighted by Gasteiger charge is -2.22. The lowest BCUT2D eigenvalue weighted by atomic mass is 9.93. The van der Waals surface area contributed by atoms with Crippen molar-refractivity contribution in [2.24, 2.45) is 5.92 Å². The first kappa shape index (κ1) is 15.0. The highest BCUT2D eigenvalue weighted by Gasteiger charge is 2.61. The molecule has 3 heteroatoms. The van der Waals surface area contributed by atoms with Crippen molar-refractivity contribution in [1.29, 1.82) is 0 Å². The van der Waals surface area contributed by atoms with E-state index in [9.17, 15) is 4.79 Å². The predicted octanol–water partition coefficient (Wildman–Crippen LogP) is 2.90. The van der Waals surface area contributed by atoms with Crippen molar-refractivity contribution in [1.82, 2.24) is 5.32 Å². The first-order valence-corrected chi connectivity index (χ1v) is 7.38. The van der Waals surface area contributed by atoms with Gasteiger partial charge in [-0.1, -0.05) is 30.3 Å². The fourth-order valence-corrected chi connectivity index (χ4v) is 2.72. The second-order valence-electron chi connectivity index (χ2n) is 6.59. The van der Waals surface area contributed by atoms with Crippen LogP contribution in [0.25, 0.3) is 0 Å². The van der Waals surface area contributed by atoms with Gasteiger partial charge in [-0.15, -0.1) is 0 Å². The molecule has 1 aromatic carbocycles. The van der Waals surface area contributed by atoms with E-state index in [1.165, 1.54) is 0 Å². The summed E-state index contributed by atoms with van der Waals surface area (Å²) >= 11 is 0. The molecule has 3 nitrogen and oxygen atoms in total. The van der Waals surface area contributed by atoms with Crippen molar-refractivity contribution >= 4 is 5.97 Å². The molecule has 0 radical (unpaired) electrons. The first-order chi connectivity index (χ1) is 9.40. The fourth-order valence-electron chi connectivity index (χ4n) is 2.72. The highest BCUT2D eigenvalue weighted by molar-refractivity contribution is 5.87. The third-order valence-electron chi connectivity index (χ3n) is 3.91. The van der Waals surface area contributed by atoms with Crippen molar-refractivity contribution in [3.05, 3.63) is 35.9 Å². The number of carbonyl (C=O) groups is 1. The van der Waals surface area contributed by atoms with Gasteiger partial charge in [0, 0.05) is 5.54 Å². The van der Waals surface area contributed by atoms with E-state index in [1.54, 1.807) is 0 Å². The zero-order valence-electron chi connectivity index (χ0n) is 12.9. The Morgan fingerprint density at radius 3 is 2.55 bits per heavy atom. The maximum absolute atomic E-state index is 12.4. The van der Waals surface area contributed by atoms with Gasteiger partial charge in [0.2, 0.25) is 0 Å². The standard InChI is InChI=1S/C17H25NO2/c1-5-20-15(19)17(13-9-7-6-8-10-13)11-14(17)12-18-16(2,3)4/h6-10,14,18H,5,11-12H2,1-4H3. The Bertz CT molecular complexity index is 464. The Balaban J connectivity index is 2.15. The summed E-state index contributed by atoms with van der Waals surface area (Å²) in [5.41, 5.74) is 0.717. The summed E-state index contributed by atoms with van der Waals surface area (Å²) in [4.78, 5) is 12.4. The van der Waals surface area contributed by atoms with Crippen molar-refractivity contribution in [3.8, 4) is 0 Å². The molecule has 1 aliphatic carbocycles. The predicted molar refractivity (Wildman–Crippen MR) is 80.6 cm³/mol. The summed E-state index contributed by atoms with van der Waals surface area (Å²) in [6, 6.07) is 10.0. The largest absolute Gasteiger partial charge is 0.465 e. The molecule has 1 N–H and O–H groups in total. The summed E-state index contributed by atoms with van der Waals surface area (Å²) in [6.07, 6.45) is 0.874. The number of nitrogens with one attached hydrogen (secondary N) is 1. The number of carbonyl (C=O) groups excluding carboxylic acids is 1. The van der Waals surface area contributed by atoms with E-state index in [0.29, 0.717) is 12.5 Å². The van der Waals surface area contributed by atoms with Crippen LogP contribution in [0.2, 0.25) is 0 Å². The molecule has 0 aliphatic heterocycles. The Hall–Kier alpha value is -1.35. The minimum atomic E-state index is -0.435. The molecule has 20 heavy (non-hydrogen) atoms. The van der Waals surface area contributed by atoms with Crippen molar-refractivity contribution < 1.29 is 9.53 Å². The van der Waals surface area contributed by atoms with Crippen LogP contribution < -0.4 is 5.32 Å². The Labute approximate surface area is 121 Å². The second-order valence-corrected chi connectivity index (χ2v) is 6.59. The number of hydrogen-bond donors (Lipinski definition) is 1. The van der Waals surface area contributed by atoms with Crippen LogP contribution in [0.15, 0.2) is 30.3 Å². The smallest absolute Gasteiger partial charge is 0.316 e. The maximum atomic E-state index is 12.4. The van der Waals surface area contributed by atoms with E-state index in [1.807, 2.05) is 37.3 Å². The van der Waals surface area contributed by atoms with Crippen LogP contribution in [0.3, 0.4) is 0 Å². The quantitative estimate of drug-likeness (QED) is 0.840. The number of benzene rings is 1. The van der Waals surface area contributed by atoms with Gasteiger partial charge in [0.25, 0.3) is 0 Å². The molecule has 2 atom stereocenters. The molecule has 110 valence electrons. The molecule has 0 amide bonds. The molecule has 0 bridgehead atoms. The van der Waals surface area contributed by atoms with Crippen LogP contribution in [0.4, 0.5) is 0 Å². The third kappa shape index (κ3) is 3.04. The summed E-state index contributed by atoms with van der Waals surface area (Å²) < 4.78 is 5.32. The Morgan fingerprint density at radius 1 is 1.35 bits per heavy atom. The zero-order chi connectivity index (χ0) is 14.8. The average Bonchev–Trinajstić information content (AvgIpc) is 3.13. The zero-order valence-corrected chi connectivity index (χ0v) is 12.9. The van der Waals surface area contributed by atoms with Crippen molar-refractivity contribution in [2.45, 2.75) is 45.1 Å². The molecular formula is C17H25NO2. The van der Waals surface area contributed by atoms with E-state index in [4.69, 9.17) is 4.74 Å². The number of ether oxygens (including phenoxy) is 1. The van der Waals surface area contributed by atoms with Gasteiger partial charge in [-0.25, -0.2) is 0 Å². The van der Waals surface area contributed by atoms with Gasteiger partial charge in [-0.05, 0) is 52.1 Å². The molecule has 1 aliphatic rings. The molecule has 1 fully saturated rings. The average molecular weight is 275 g/mol. The molecule has 0 heterocycles. The number of esters is 1. The molecule has 2 unspecified atom stereocenters. The normalized spacial score (nSPS) is 25.3. The lowest BCUT2D eigenvalue weighted by molar-refractivity contribution is -0.146. The SMILES string of the molecule is CCOC(=O)C1(c2ccccc2)CC1CNC(C)(C)C. The maximum Gasteiger partial charge on any atom is 0.316 e. The summed E-state index contributed by atoms with van der Waals surface area (Å²) in [7, 11) is 0. The fraction of sp³-hybridized carbons (Fsp3) is 0.588. The van der Waals surface area contributed by atoms with E-state index in [0.717, 1.165) is 18.5 Å².